The van der Waals surface area contributed by atoms with Crippen molar-refractivity contribution in [3.05, 3.63) is 95.6 Å². The van der Waals surface area contributed by atoms with Crippen molar-refractivity contribution in [2.24, 2.45) is 5.73 Å². The normalized spacial score (nSPS) is 10.7. The molecular formula is C25H23N5. The van der Waals surface area contributed by atoms with Gasteiger partial charge in [0.15, 0.2) is 0 Å². The molecule has 4 rings (SSSR count). The summed E-state index contributed by atoms with van der Waals surface area (Å²) in [6.07, 6.45) is 4.75. The molecule has 0 fully saturated rings. The van der Waals surface area contributed by atoms with Crippen LogP contribution in [-0.2, 0) is 13.0 Å². The molecule has 0 aliphatic heterocycles. The summed E-state index contributed by atoms with van der Waals surface area (Å²) < 4.78 is 2.12. The number of benzene rings is 2. The van der Waals surface area contributed by atoms with Gasteiger partial charge in [-0.3, -0.25) is 4.98 Å². The standard InChI is InChI=1S/C25H23N5/c1-18-29-25(21-5-3-2-4-6-21)17-30(18)16-22-13-20(14-27)7-9-23(22)24-10-8-19(11-12-26)15-28-24/h2-10,13,15,17H,11-12,16,26H2,1H3. The Labute approximate surface area is 176 Å². The fourth-order valence-corrected chi connectivity index (χ4v) is 3.54. The van der Waals surface area contributed by atoms with Gasteiger partial charge in [-0.1, -0.05) is 42.5 Å². The summed E-state index contributed by atoms with van der Waals surface area (Å²) in [5.41, 5.74) is 12.4. The zero-order valence-electron chi connectivity index (χ0n) is 16.9. The van der Waals surface area contributed by atoms with E-state index in [1.165, 1.54) is 0 Å². The summed E-state index contributed by atoms with van der Waals surface area (Å²) in [4.78, 5) is 9.36. The summed E-state index contributed by atoms with van der Waals surface area (Å²) >= 11 is 0. The topological polar surface area (TPSA) is 80.5 Å². The quantitative estimate of drug-likeness (QED) is 0.528. The van der Waals surface area contributed by atoms with Gasteiger partial charge in [0, 0.05) is 30.1 Å². The Bertz CT molecular complexity index is 1180. The van der Waals surface area contributed by atoms with Crippen LogP contribution in [0.1, 0.15) is 22.5 Å². The van der Waals surface area contributed by atoms with Crippen LogP contribution >= 0.6 is 0 Å². The Kier molecular flexibility index (Phi) is 5.69. The lowest BCUT2D eigenvalue weighted by atomic mass is 10.0. The third-order valence-electron chi connectivity index (χ3n) is 5.15. The maximum absolute atomic E-state index is 9.40. The van der Waals surface area contributed by atoms with E-state index in [0.29, 0.717) is 18.7 Å². The summed E-state index contributed by atoms with van der Waals surface area (Å²) in [5, 5.41) is 9.40. The molecule has 0 saturated heterocycles. The van der Waals surface area contributed by atoms with E-state index in [2.05, 4.69) is 40.0 Å². The molecule has 5 nitrogen and oxygen atoms in total. The number of aryl methyl sites for hydroxylation is 1. The molecule has 2 aromatic carbocycles. The van der Waals surface area contributed by atoms with E-state index >= 15 is 0 Å². The molecule has 0 atom stereocenters. The summed E-state index contributed by atoms with van der Waals surface area (Å²) in [6, 6.07) is 22.2. The van der Waals surface area contributed by atoms with Gasteiger partial charge in [-0.15, -0.1) is 0 Å². The maximum atomic E-state index is 9.40. The second kappa shape index (κ2) is 8.73. The van der Waals surface area contributed by atoms with Crippen molar-refractivity contribution in [3.63, 3.8) is 0 Å². The van der Waals surface area contributed by atoms with Gasteiger partial charge in [-0.05, 0) is 49.2 Å². The van der Waals surface area contributed by atoms with Gasteiger partial charge in [0.1, 0.15) is 5.82 Å². The fraction of sp³-hybridized carbons (Fsp3) is 0.160. The summed E-state index contributed by atoms with van der Waals surface area (Å²) in [5.74, 6) is 0.924. The molecule has 0 bridgehead atoms. The lowest BCUT2D eigenvalue weighted by molar-refractivity contribution is 0.762. The molecule has 0 aliphatic rings. The highest BCUT2D eigenvalue weighted by atomic mass is 15.1. The molecule has 0 saturated carbocycles. The molecule has 5 heteroatoms. The van der Waals surface area contributed by atoms with Crippen LogP contribution in [0.15, 0.2) is 73.1 Å². The number of rotatable bonds is 6. The lowest BCUT2D eigenvalue weighted by Crippen LogP contribution is -2.04. The van der Waals surface area contributed by atoms with E-state index in [0.717, 1.165) is 45.9 Å². The number of aromatic nitrogens is 3. The van der Waals surface area contributed by atoms with Gasteiger partial charge in [0.2, 0.25) is 0 Å². The van der Waals surface area contributed by atoms with Crippen LogP contribution in [0.25, 0.3) is 22.5 Å². The van der Waals surface area contributed by atoms with E-state index in [-0.39, 0.29) is 0 Å². The minimum atomic E-state index is 0.604. The number of hydrogen-bond acceptors (Lipinski definition) is 4. The molecule has 0 radical (unpaired) electrons. The van der Waals surface area contributed by atoms with E-state index in [4.69, 9.17) is 10.7 Å². The van der Waals surface area contributed by atoms with Crippen molar-refractivity contribution in [1.82, 2.24) is 14.5 Å². The molecule has 2 N–H and O–H groups in total. The van der Waals surface area contributed by atoms with E-state index in [9.17, 15) is 5.26 Å². The first-order valence-corrected chi connectivity index (χ1v) is 9.95. The molecule has 0 spiro atoms. The van der Waals surface area contributed by atoms with Crippen molar-refractivity contribution < 1.29 is 0 Å². The first kappa shape index (κ1) is 19.6. The Hall–Kier alpha value is -3.75. The molecular weight excluding hydrogens is 370 g/mol. The first-order valence-electron chi connectivity index (χ1n) is 9.95. The average molecular weight is 393 g/mol. The van der Waals surface area contributed by atoms with Crippen LogP contribution in [0.3, 0.4) is 0 Å². The zero-order valence-corrected chi connectivity index (χ0v) is 16.9. The third kappa shape index (κ3) is 4.14. The molecule has 148 valence electrons. The minimum absolute atomic E-state index is 0.604. The van der Waals surface area contributed by atoms with Crippen molar-refractivity contribution in [3.8, 4) is 28.6 Å². The highest BCUT2D eigenvalue weighted by Crippen LogP contribution is 2.26. The molecule has 2 aromatic heterocycles. The van der Waals surface area contributed by atoms with Crippen LogP contribution in [-0.4, -0.2) is 21.1 Å². The second-order valence-corrected chi connectivity index (χ2v) is 7.24. The number of nitrogens with zero attached hydrogens (tertiary/aromatic N) is 4. The van der Waals surface area contributed by atoms with Gasteiger partial charge >= 0.3 is 0 Å². The highest BCUT2D eigenvalue weighted by molar-refractivity contribution is 5.65. The monoisotopic (exact) mass is 393 g/mol. The van der Waals surface area contributed by atoms with Crippen LogP contribution in [0.4, 0.5) is 0 Å². The first-order chi connectivity index (χ1) is 14.7. The number of imidazole rings is 1. The molecule has 0 aliphatic carbocycles. The Morgan fingerprint density at radius 1 is 1.03 bits per heavy atom. The lowest BCUT2D eigenvalue weighted by Gasteiger charge is -2.12. The van der Waals surface area contributed by atoms with Gasteiger partial charge < -0.3 is 10.3 Å². The summed E-state index contributed by atoms with van der Waals surface area (Å²) in [7, 11) is 0. The van der Waals surface area contributed by atoms with Crippen LogP contribution in [0.2, 0.25) is 0 Å². The highest BCUT2D eigenvalue weighted by Gasteiger charge is 2.12. The van der Waals surface area contributed by atoms with Crippen LogP contribution in [0.5, 0.6) is 0 Å². The maximum Gasteiger partial charge on any atom is 0.106 e. The van der Waals surface area contributed by atoms with Crippen molar-refractivity contribution in [2.75, 3.05) is 6.54 Å². The van der Waals surface area contributed by atoms with Crippen molar-refractivity contribution in [2.45, 2.75) is 19.9 Å². The third-order valence-corrected chi connectivity index (χ3v) is 5.15. The SMILES string of the molecule is Cc1nc(-c2ccccc2)cn1Cc1cc(C#N)ccc1-c1ccc(CCN)cn1. The number of hydrogen-bond donors (Lipinski definition) is 1. The molecule has 2 heterocycles. The van der Waals surface area contributed by atoms with Gasteiger partial charge in [-0.2, -0.15) is 5.26 Å². The summed E-state index contributed by atoms with van der Waals surface area (Å²) in [6.45, 7) is 3.22. The Morgan fingerprint density at radius 3 is 2.57 bits per heavy atom. The predicted molar refractivity (Wildman–Crippen MR) is 119 cm³/mol. The number of nitriles is 1. The minimum Gasteiger partial charge on any atom is -0.330 e. The molecule has 4 aromatic rings. The number of nitrogens with two attached hydrogens (primary N) is 1. The Balaban J connectivity index is 1.70. The average Bonchev–Trinajstić information content (AvgIpc) is 3.15. The van der Waals surface area contributed by atoms with Crippen LogP contribution < -0.4 is 5.73 Å². The number of pyridine rings is 1. The predicted octanol–water partition coefficient (Wildman–Crippen LogP) is 4.34. The second-order valence-electron chi connectivity index (χ2n) is 7.24. The molecule has 0 unspecified atom stereocenters. The molecule has 0 amide bonds. The van der Waals surface area contributed by atoms with Gasteiger partial charge in [0.05, 0.1) is 23.0 Å². The van der Waals surface area contributed by atoms with Crippen LogP contribution in [0, 0.1) is 18.3 Å². The largest absolute Gasteiger partial charge is 0.330 e. The molecule has 30 heavy (non-hydrogen) atoms. The smallest absolute Gasteiger partial charge is 0.106 e. The fourth-order valence-electron chi connectivity index (χ4n) is 3.54. The van der Waals surface area contributed by atoms with E-state index in [1.807, 2.05) is 55.6 Å². The van der Waals surface area contributed by atoms with E-state index in [1.54, 1.807) is 0 Å². The Morgan fingerprint density at radius 2 is 1.87 bits per heavy atom. The van der Waals surface area contributed by atoms with Crippen molar-refractivity contribution in [1.29, 1.82) is 5.26 Å². The van der Waals surface area contributed by atoms with Crippen molar-refractivity contribution >= 4 is 0 Å². The van der Waals surface area contributed by atoms with Gasteiger partial charge in [-0.25, -0.2) is 4.98 Å². The van der Waals surface area contributed by atoms with E-state index < -0.39 is 0 Å². The van der Waals surface area contributed by atoms with Gasteiger partial charge in [0.25, 0.3) is 0 Å². The zero-order chi connectivity index (χ0) is 20.9.